The van der Waals surface area contributed by atoms with Crippen LogP contribution in [-0.2, 0) is 80.6 Å². The van der Waals surface area contributed by atoms with Crippen LogP contribution in [0.25, 0.3) is 22.1 Å². The number of esters is 6. The number of nitrogens with zero attached hydrogens (tertiary/aromatic N) is 10. The fraction of sp³-hybridized carbons (Fsp3) is 0.349. The van der Waals surface area contributed by atoms with Crippen molar-refractivity contribution in [2.45, 2.75) is 26.2 Å². The third-order valence-corrected chi connectivity index (χ3v) is 9.21. The van der Waals surface area contributed by atoms with Gasteiger partial charge in [-0.1, -0.05) is 11.6 Å². The Balaban J connectivity index is 0.000000911. The van der Waals surface area contributed by atoms with Gasteiger partial charge in [0, 0.05) is 65.7 Å². The van der Waals surface area contributed by atoms with Gasteiger partial charge < -0.3 is 38.6 Å². The number of fused-ring (bicyclic) bond motifs is 2. The number of aliphatic hydroxyl groups is 1. The Labute approximate surface area is 459 Å². The van der Waals surface area contributed by atoms with Gasteiger partial charge in [-0.3, -0.25) is 63.4 Å². The number of aromatic hydroxyl groups is 1. The van der Waals surface area contributed by atoms with E-state index in [9.17, 15) is 62.6 Å². The molecule has 33 nitrogen and oxygen atoms in total. The molecule has 0 fully saturated rings. The molecule has 0 atom stereocenters. The van der Waals surface area contributed by atoms with Crippen molar-refractivity contribution in [1.82, 2.24) is 59.5 Å². The molecule has 0 saturated heterocycles. The van der Waals surface area contributed by atoms with E-state index in [2.05, 4.69) is 74.2 Å². The predicted molar refractivity (Wildman–Crippen MR) is 281 cm³/mol. The molecular formula is C43H53ClIN13O20. The topological polar surface area (TPSA) is 445 Å². The molecule has 6 aromatic heterocycles. The van der Waals surface area contributed by atoms with Gasteiger partial charge in [0.25, 0.3) is 27.8 Å². The second-order valence-corrected chi connectivity index (χ2v) is 14.7. The number of aromatic nitrogens is 12. The largest absolute Gasteiger partial charge is 0.511 e. The van der Waals surface area contributed by atoms with Gasteiger partial charge in [0.2, 0.25) is 5.69 Å². The maximum Gasteiger partial charge on any atom is 0.362 e. The first-order valence-electron chi connectivity index (χ1n) is 21.0. The molecular weight excluding hydrogens is 1180 g/mol. The number of methoxy groups -OCH3 is 6. The van der Waals surface area contributed by atoms with Crippen molar-refractivity contribution in [2.24, 2.45) is 33.2 Å². The van der Waals surface area contributed by atoms with Crippen LogP contribution in [0.4, 0.5) is 0 Å². The van der Waals surface area contributed by atoms with Crippen LogP contribution in [0.3, 0.4) is 0 Å². The lowest BCUT2D eigenvalue weighted by atomic mass is 10.2. The van der Waals surface area contributed by atoms with Gasteiger partial charge in [-0.05, 0) is 6.92 Å². The molecule has 0 aliphatic heterocycles. The van der Waals surface area contributed by atoms with Crippen LogP contribution in [0.5, 0.6) is 5.75 Å². The number of carbonyl (C=O) groups excluding carboxylic acids is 7. The van der Waals surface area contributed by atoms with E-state index in [-0.39, 0.29) is 86.6 Å². The summed E-state index contributed by atoms with van der Waals surface area (Å²) in [5.74, 6) is -5.58. The number of Topliss-reactive ketones (excluding diaryl/α,β-unsaturated/α-hetero) is 1. The molecule has 0 aromatic carbocycles. The highest BCUT2D eigenvalue weighted by atomic mass is 127. The summed E-state index contributed by atoms with van der Waals surface area (Å²) in [5, 5.41) is 45.1. The third kappa shape index (κ3) is 21.6. The maximum absolute atomic E-state index is 11.1. The maximum atomic E-state index is 11.1. The Morgan fingerprint density at radius 3 is 1.54 bits per heavy atom. The van der Waals surface area contributed by atoms with Gasteiger partial charge in [0.05, 0.1) is 64.4 Å². The molecule has 78 heavy (non-hydrogen) atoms. The number of aryl methyl sites for hydroxylation is 5. The lowest BCUT2D eigenvalue weighted by molar-refractivity contribution is -0.147. The van der Waals surface area contributed by atoms with Crippen LogP contribution in [0.2, 0.25) is 5.02 Å². The predicted octanol–water partition coefficient (Wildman–Crippen LogP) is -1.06. The zero-order chi connectivity index (χ0) is 58.9. The number of hydrogen-bond acceptors (Lipinski definition) is 26. The molecule has 0 aliphatic carbocycles. The normalized spacial score (nSPS) is 10.3. The minimum absolute atomic E-state index is 0. The number of H-pyrrole nitrogens is 3. The highest BCUT2D eigenvalue weighted by Gasteiger charge is 2.18. The number of nitrogens with one attached hydrogen (secondary N) is 3. The summed E-state index contributed by atoms with van der Waals surface area (Å²) in [5.41, 5.74) is 0.849. The SMILES string of the molecule is CN=CC(C(=O)OC)=C(O)CC(=O)OC.COC(=O)CC(=O)CC(=O)OC.COC(=O)c1nn(C)c(=O)cc1Cl.COC(=O)c1nn(C)c(=O)cc1O.Cc1n[nH]c2cc(=O)n(C)nc12.Cn1nc2c(=O)[nH][nH]c2cc1=O.I. The second-order valence-electron chi connectivity index (χ2n) is 14.3. The van der Waals surface area contributed by atoms with Crippen LogP contribution >= 0.6 is 35.6 Å². The van der Waals surface area contributed by atoms with Gasteiger partial charge in [0.15, 0.2) is 22.7 Å². The first kappa shape index (κ1) is 68.8. The number of hydrogen-bond donors (Lipinski definition) is 5. The van der Waals surface area contributed by atoms with Crippen molar-refractivity contribution in [3.05, 3.63) is 109 Å². The first-order valence-corrected chi connectivity index (χ1v) is 21.4. The smallest absolute Gasteiger partial charge is 0.362 e. The highest BCUT2D eigenvalue weighted by Crippen LogP contribution is 2.12. The standard InChI is InChI=1S/C9H13NO5.C7H7ClN2O3.C7H8N4O.C7H8N2O4.C7H10O5.C6H6N4O2.HI/c1-10-5-6(9(13)15-3)7(11)4-8(12)14-2;1-10-5(11)3-4(8)6(9-10)7(12)13-2;1-4-7-5(9-8-4)3-6(12)11(2)10-7;1-9-5(11)3-4(10)6(8-9)7(12)13-2;1-11-6(9)3-5(8)4-7(10)12-2;1-10-4(11)2-3-5(9-10)6(12)8-7-3;/h5,11H,4H2,1-3H3;3H,1-2H3;3,9H,1-2H3;3,10H,1-2H3;3-4H2,1-2H3;2,7H,1H3,(H,8,12);1H. The molecule has 0 unspecified atom stereocenters. The Hall–Kier alpha value is -9.22. The fourth-order valence-corrected chi connectivity index (χ4v) is 5.12. The molecule has 6 aromatic rings. The highest BCUT2D eigenvalue weighted by molar-refractivity contribution is 14.0. The molecule has 6 heterocycles. The summed E-state index contributed by atoms with van der Waals surface area (Å²) in [6.45, 7) is 1.84. The molecule has 0 bridgehead atoms. The summed E-state index contributed by atoms with van der Waals surface area (Å²) in [6.07, 6.45) is -0.0474. The first-order chi connectivity index (χ1) is 36.1. The zero-order valence-corrected chi connectivity index (χ0v) is 46.6. The van der Waals surface area contributed by atoms with Crippen LogP contribution < -0.4 is 27.8 Å². The fourth-order valence-electron chi connectivity index (χ4n) is 4.91. The van der Waals surface area contributed by atoms with E-state index in [4.69, 9.17) is 16.7 Å². The van der Waals surface area contributed by atoms with E-state index in [0.717, 1.165) is 57.8 Å². The Bertz CT molecular complexity index is 3380. The number of aliphatic hydroxyl groups excluding tert-OH is 1. The lowest BCUT2D eigenvalue weighted by Gasteiger charge is -2.03. The average molecular weight is 1230 g/mol. The molecule has 0 spiro atoms. The van der Waals surface area contributed by atoms with Crippen LogP contribution in [0, 0.1) is 6.92 Å². The van der Waals surface area contributed by atoms with E-state index < -0.39 is 65.1 Å². The lowest BCUT2D eigenvalue weighted by Crippen LogP contribution is -2.22. The van der Waals surface area contributed by atoms with E-state index in [1.54, 1.807) is 7.05 Å². The molecule has 0 radical (unpaired) electrons. The molecule has 0 aliphatic rings. The zero-order valence-electron chi connectivity index (χ0n) is 43.5. The van der Waals surface area contributed by atoms with Crippen molar-refractivity contribution >= 4 is 105 Å². The Morgan fingerprint density at radius 1 is 0.615 bits per heavy atom. The van der Waals surface area contributed by atoms with Crippen molar-refractivity contribution < 1.29 is 72.2 Å². The summed E-state index contributed by atoms with van der Waals surface area (Å²) in [7, 11) is 14.4. The number of halogens is 2. The van der Waals surface area contributed by atoms with Crippen molar-refractivity contribution in [1.29, 1.82) is 0 Å². The number of aliphatic imine (C=N–C) groups is 1. The van der Waals surface area contributed by atoms with Gasteiger partial charge in [-0.2, -0.15) is 25.5 Å². The van der Waals surface area contributed by atoms with Gasteiger partial charge in [0.1, 0.15) is 36.1 Å². The molecule has 0 amide bonds. The summed E-state index contributed by atoms with van der Waals surface area (Å²) < 4.78 is 30.3. The third-order valence-electron chi connectivity index (χ3n) is 8.92. The Morgan fingerprint density at radius 2 is 1.05 bits per heavy atom. The number of aromatic amines is 3. The van der Waals surface area contributed by atoms with Gasteiger partial charge >= 0.3 is 35.8 Å². The van der Waals surface area contributed by atoms with E-state index in [1.165, 1.54) is 73.4 Å². The minimum Gasteiger partial charge on any atom is -0.511 e. The summed E-state index contributed by atoms with van der Waals surface area (Å²) in [4.78, 5) is 134. The van der Waals surface area contributed by atoms with Gasteiger partial charge in [-0.25, -0.2) is 33.1 Å². The monoisotopic (exact) mass is 1230 g/mol. The summed E-state index contributed by atoms with van der Waals surface area (Å²) >= 11 is 5.60. The number of rotatable bonds is 10. The quantitative estimate of drug-likeness (QED) is 0.0208. The second kappa shape index (κ2) is 33.6. The van der Waals surface area contributed by atoms with Crippen molar-refractivity contribution in [3.63, 3.8) is 0 Å². The molecule has 5 N–H and O–H groups in total. The van der Waals surface area contributed by atoms with Crippen molar-refractivity contribution in [2.75, 3.05) is 49.7 Å². The number of carbonyl (C=O) groups is 7. The summed E-state index contributed by atoms with van der Waals surface area (Å²) in [6, 6.07) is 4.82. The van der Waals surface area contributed by atoms with Crippen LogP contribution in [0.1, 0.15) is 45.9 Å². The number of ether oxygens (including phenoxy) is 6. The van der Waals surface area contributed by atoms with Gasteiger partial charge in [-0.15, -0.1) is 24.0 Å². The van der Waals surface area contributed by atoms with E-state index in [0.29, 0.717) is 11.0 Å². The molecule has 35 heteroatoms. The minimum atomic E-state index is -0.784. The van der Waals surface area contributed by atoms with Crippen LogP contribution in [-0.4, -0.2) is 167 Å². The number of ketones is 1. The molecule has 0 saturated carbocycles. The van der Waals surface area contributed by atoms with E-state index >= 15 is 0 Å². The Kier molecular flexibility index (Phi) is 29.7. The van der Waals surface area contributed by atoms with E-state index in [1.807, 2.05) is 6.92 Å². The average Bonchev–Trinajstić information content (AvgIpc) is 3.94. The van der Waals surface area contributed by atoms with Crippen LogP contribution in [0.15, 0.2) is 64.6 Å². The van der Waals surface area contributed by atoms with Crippen molar-refractivity contribution in [3.8, 4) is 5.75 Å². The molecule has 424 valence electrons. The molecule has 6 rings (SSSR count).